The van der Waals surface area contributed by atoms with Gasteiger partial charge in [-0.15, -0.1) is 0 Å². The highest BCUT2D eigenvalue weighted by atomic mass is 19.1. The number of nitrogens with two attached hydrogens (primary N) is 1. The highest BCUT2D eigenvalue weighted by Gasteiger charge is 2.14. The summed E-state index contributed by atoms with van der Waals surface area (Å²) in [5.41, 5.74) is 9.55. The number of halogens is 1. The van der Waals surface area contributed by atoms with Crippen LogP contribution in [0, 0.1) is 5.82 Å². The van der Waals surface area contributed by atoms with Crippen molar-refractivity contribution in [2.24, 2.45) is 5.73 Å². The van der Waals surface area contributed by atoms with Crippen LogP contribution in [-0.2, 0) is 0 Å². The van der Waals surface area contributed by atoms with Crippen LogP contribution in [-0.4, -0.2) is 11.5 Å². The summed E-state index contributed by atoms with van der Waals surface area (Å²) in [6.45, 7) is 0.750. The molecule has 3 aromatic rings. The van der Waals surface area contributed by atoms with E-state index in [-0.39, 0.29) is 17.9 Å². The van der Waals surface area contributed by atoms with E-state index < -0.39 is 0 Å². The van der Waals surface area contributed by atoms with Crippen molar-refractivity contribution in [2.75, 3.05) is 6.54 Å². The smallest absolute Gasteiger partial charge is 0.123 e. The van der Waals surface area contributed by atoms with E-state index >= 15 is 0 Å². The Bertz CT molecular complexity index is 721. The molecule has 128 valence electrons. The highest BCUT2D eigenvalue weighted by Crippen LogP contribution is 2.22. The van der Waals surface area contributed by atoms with Crippen LogP contribution in [0.3, 0.4) is 0 Å². The number of nitrogens with one attached hydrogen (secondary N) is 1. The Hall–Kier alpha value is -2.56. The Balaban J connectivity index is 1.66. The van der Waals surface area contributed by atoms with Gasteiger partial charge in [-0.2, -0.15) is 0 Å². The number of pyridine rings is 1. The second-order valence-electron chi connectivity index (χ2n) is 6.03. The molecule has 0 aliphatic heterocycles. The summed E-state index contributed by atoms with van der Waals surface area (Å²) in [5.74, 6) is -0.240. The van der Waals surface area contributed by atoms with Crippen molar-refractivity contribution in [3.8, 4) is 0 Å². The highest BCUT2D eigenvalue weighted by molar-refractivity contribution is 5.30. The molecule has 0 bridgehead atoms. The minimum atomic E-state index is -0.240. The van der Waals surface area contributed by atoms with Gasteiger partial charge in [0.25, 0.3) is 0 Å². The van der Waals surface area contributed by atoms with Gasteiger partial charge in [-0.25, -0.2) is 4.39 Å². The molecule has 25 heavy (non-hydrogen) atoms. The third-order valence-corrected chi connectivity index (χ3v) is 4.27. The van der Waals surface area contributed by atoms with Gasteiger partial charge in [0.1, 0.15) is 5.82 Å². The molecule has 2 aromatic carbocycles. The second kappa shape index (κ2) is 8.51. The third-order valence-electron chi connectivity index (χ3n) is 4.27. The van der Waals surface area contributed by atoms with Gasteiger partial charge >= 0.3 is 0 Å². The van der Waals surface area contributed by atoms with Gasteiger partial charge in [0.05, 0.1) is 6.04 Å². The maximum Gasteiger partial charge on any atom is 0.123 e. The summed E-state index contributed by atoms with van der Waals surface area (Å²) in [6, 6.07) is 20.7. The van der Waals surface area contributed by atoms with Crippen molar-refractivity contribution < 1.29 is 4.39 Å². The van der Waals surface area contributed by atoms with Crippen molar-refractivity contribution >= 4 is 0 Å². The van der Waals surface area contributed by atoms with E-state index in [1.165, 1.54) is 17.7 Å². The summed E-state index contributed by atoms with van der Waals surface area (Å²) in [7, 11) is 0. The molecular formula is C21H22FN3. The molecule has 3 rings (SSSR count). The maximum atomic E-state index is 13.0. The van der Waals surface area contributed by atoms with Crippen LogP contribution in [0.15, 0.2) is 79.1 Å². The number of hydrogen-bond acceptors (Lipinski definition) is 3. The predicted octanol–water partition coefficient (Wildman–Crippen LogP) is 3.99. The molecule has 3 N–H and O–H groups in total. The number of aromatic nitrogens is 1. The Kier molecular flexibility index (Phi) is 5.88. The minimum Gasteiger partial charge on any atom is -0.324 e. The topological polar surface area (TPSA) is 50.9 Å². The van der Waals surface area contributed by atoms with Crippen molar-refractivity contribution in [3.63, 3.8) is 0 Å². The van der Waals surface area contributed by atoms with Gasteiger partial charge in [-0.3, -0.25) is 4.98 Å². The monoisotopic (exact) mass is 335 g/mol. The van der Waals surface area contributed by atoms with Crippen LogP contribution in [0.5, 0.6) is 0 Å². The van der Waals surface area contributed by atoms with Crippen molar-refractivity contribution in [1.29, 1.82) is 0 Å². The van der Waals surface area contributed by atoms with Gasteiger partial charge in [-0.1, -0.05) is 42.5 Å². The molecule has 0 radical (unpaired) electrons. The van der Waals surface area contributed by atoms with E-state index in [1.807, 2.05) is 30.3 Å². The molecule has 0 saturated carbocycles. The summed E-state index contributed by atoms with van der Waals surface area (Å²) >= 11 is 0. The van der Waals surface area contributed by atoms with E-state index in [9.17, 15) is 4.39 Å². The lowest BCUT2D eigenvalue weighted by Gasteiger charge is -2.21. The molecule has 3 nitrogen and oxygen atoms in total. The first kappa shape index (κ1) is 17.3. The lowest BCUT2D eigenvalue weighted by Crippen LogP contribution is -2.26. The quantitative estimate of drug-likeness (QED) is 0.686. The Morgan fingerprint density at radius 3 is 2.16 bits per heavy atom. The zero-order valence-corrected chi connectivity index (χ0v) is 14.0. The average Bonchev–Trinajstić information content (AvgIpc) is 2.67. The van der Waals surface area contributed by atoms with E-state index in [4.69, 9.17) is 5.73 Å². The fourth-order valence-corrected chi connectivity index (χ4v) is 2.89. The second-order valence-corrected chi connectivity index (χ2v) is 6.03. The Morgan fingerprint density at radius 1 is 0.840 bits per heavy atom. The number of benzene rings is 2. The van der Waals surface area contributed by atoms with E-state index in [0.717, 1.165) is 24.1 Å². The van der Waals surface area contributed by atoms with Crippen LogP contribution < -0.4 is 11.1 Å². The van der Waals surface area contributed by atoms with Crippen LogP contribution in [0.25, 0.3) is 0 Å². The van der Waals surface area contributed by atoms with E-state index in [2.05, 4.69) is 22.4 Å². The summed E-state index contributed by atoms with van der Waals surface area (Å²) in [5, 5.41) is 3.58. The number of nitrogens with zero attached hydrogens (tertiary/aromatic N) is 1. The normalized spacial score (nSPS) is 13.4. The fourth-order valence-electron chi connectivity index (χ4n) is 2.89. The Morgan fingerprint density at radius 2 is 1.48 bits per heavy atom. The van der Waals surface area contributed by atoms with Gasteiger partial charge in [0.15, 0.2) is 0 Å². The molecule has 1 heterocycles. The van der Waals surface area contributed by atoms with Crippen molar-refractivity contribution in [3.05, 3.63) is 102 Å². The molecule has 2 atom stereocenters. The first-order valence-electron chi connectivity index (χ1n) is 8.43. The molecule has 0 spiro atoms. The molecule has 0 aliphatic rings. The standard InChI is InChI=1S/C21H22FN3/c22-19-8-6-16(7-9-19)20(23)12-15-25-21(17-4-2-1-3-5-17)18-10-13-24-14-11-18/h1-11,13-14,20-21,25H,12,15,23H2. The summed E-state index contributed by atoms with van der Waals surface area (Å²) in [4.78, 5) is 4.10. The van der Waals surface area contributed by atoms with Crippen molar-refractivity contribution in [2.45, 2.75) is 18.5 Å². The average molecular weight is 335 g/mol. The van der Waals surface area contributed by atoms with Gasteiger partial charge < -0.3 is 11.1 Å². The summed E-state index contributed by atoms with van der Waals surface area (Å²) < 4.78 is 13.0. The lowest BCUT2D eigenvalue weighted by molar-refractivity contribution is 0.540. The molecule has 0 aliphatic carbocycles. The molecule has 0 fully saturated rings. The zero-order chi connectivity index (χ0) is 17.5. The first-order chi connectivity index (χ1) is 12.2. The van der Waals surface area contributed by atoms with Gasteiger partial charge in [-0.05, 0) is 53.9 Å². The van der Waals surface area contributed by atoms with Crippen molar-refractivity contribution in [1.82, 2.24) is 10.3 Å². The third kappa shape index (κ3) is 4.72. The van der Waals surface area contributed by atoms with Crippen LogP contribution in [0.4, 0.5) is 4.39 Å². The maximum absolute atomic E-state index is 13.0. The van der Waals surface area contributed by atoms with Crippen LogP contribution in [0.1, 0.15) is 35.2 Å². The largest absolute Gasteiger partial charge is 0.324 e. The molecule has 4 heteroatoms. The first-order valence-corrected chi connectivity index (χ1v) is 8.43. The fraction of sp³-hybridized carbons (Fsp3) is 0.190. The minimum absolute atomic E-state index is 0.0876. The van der Waals surface area contributed by atoms with E-state index in [0.29, 0.717) is 0 Å². The molecule has 0 saturated heterocycles. The lowest BCUT2D eigenvalue weighted by atomic mass is 9.99. The van der Waals surface area contributed by atoms with E-state index in [1.54, 1.807) is 24.5 Å². The molecular weight excluding hydrogens is 313 g/mol. The SMILES string of the molecule is NC(CCNC(c1ccccc1)c1ccncc1)c1ccc(F)cc1. The van der Waals surface area contributed by atoms with Crippen LogP contribution in [0.2, 0.25) is 0 Å². The molecule has 1 aromatic heterocycles. The Labute approximate surface area is 147 Å². The van der Waals surface area contributed by atoms with Gasteiger partial charge in [0, 0.05) is 18.4 Å². The zero-order valence-electron chi connectivity index (χ0n) is 14.0. The van der Waals surface area contributed by atoms with Crippen LogP contribution >= 0.6 is 0 Å². The molecule has 0 amide bonds. The number of hydrogen-bond donors (Lipinski definition) is 2. The predicted molar refractivity (Wildman–Crippen MR) is 98.5 cm³/mol. The number of rotatable bonds is 7. The summed E-state index contributed by atoms with van der Waals surface area (Å²) in [6.07, 6.45) is 4.37. The van der Waals surface area contributed by atoms with Gasteiger partial charge in [0.2, 0.25) is 0 Å². The molecule has 2 unspecified atom stereocenters.